The Hall–Kier alpha value is -2.68. The molecule has 0 fully saturated rings. The number of sulfonamides is 1. The van der Waals surface area contributed by atoms with Gasteiger partial charge >= 0.3 is 0 Å². The fourth-order valence-corrected chi connectivity index (χ4v) is 3.99. The predicted molar refractivity (Wildman–Crippen MR) is 103 cm³/mol. The van der Waals surface area contributed by atoms with Gasteiger partial charge in [-0.25, -0.2) is 17.2 Å². The van der Waals surface area contributed by atoms with Gasteiger partial charge in [0.25, 0.3) is 0 Å². The number of anilines is 1. The summed E-state index contributed by atoms with van der Waals surface area (Å²) in [5.74, 6) is -2.12. The number of hydrogen-bond acceptors (Lipinski definition) is 4. The van der Waals surface area contributed by atoms with Crippen molar-refractivity contribution in [2.45, 2.75) is 19.5 Å². The molecule has 9 heteroatoms. The van der Waals surface area contributed by atoms with Crippen LogP contribution < -0.4 is 9.04 Å². The molecule has 0 saturated heterocycles. The van der Waals surface area contributed by atoms with Gasteiger partial charge in [0.05, 0.1) is 19.1 Å². The summed E-state index contributed by atoms with van der Waals surface area (Å²) in [4.78, 5) is 14.2. The van der Waals surface area contributed by atoms with Crippen LogP contribution in [0.15, 0.2) is 42.5 Å². The summed E-state index contributed by atoms with van der Waals surface area (Å²) in [6.07, 6.45) is 0.904. The van der Waals surface area contributed by atoms with Gasteiger partial charge < -0.3 is 9.64 Å². The molecule has 1 amide bonds. The van der Waals surface area contributed by atoms with Gasteiger partial charge in [0, 0.05) is 19.7 Å². The Kier molecular flexibility index (Phi) is 6.60. The van der Waals surface area contributed by atoms with Crippen molar-refractivity contribution >= 4 is 21.6 Å². The third-order valence-electron chi connectivity index (χ3n) is 4.18. The number of amides is 1. The van der Waals surface area contributed by atoms with E-state index < -0.39 is 33.6 Å². The summed E-state index contributed by atoms with van der Waals surface area (Å²) in [6, 6.07) is 8.62. The van der Waals surface area contributed by atoms with Crippen molar-refractivity contribution in [3.8, 4) is 5.75 Å². The first-order chi connectivity index (χ1) is 13.0. The van der Waals surface area contributed by atoms with E-state index in [4.69, 9.17) is 4.74 Å². The molecule has 0 aliphatic heterocycles. The highest BCUT2D eigenvalue weighted by Crippen LogP contribution is 2.24. The van der Waals surface area contributed by atoms with Crippen LogP contribution in [0.2, 0.25) is 0 Å². The lowest BCUT2D eigenvalue weighted by atomic mass is 10.2. The van der Waals surface area contributed by atoms with E-state index in [-0.39, 0.29) is 12.2 Å². The predicted octanol–water partition coefficient (Wildman–Crippen LogP) is 2.79. The summed E-state index contributed by atoms with van der Waals surface area (Å²) in [7, 11) is -0.845. The Balaban J connectivity index is 2.25. The van der Waals surface area contributed by atoms with E-state index in [0.29, 0.717) is 5.75 Å². The van der Waals surface area contributed by atoms with Crippen LogP contribution in [0.5, 0.6) is 5.75 Å². The normalized spacial score (nSPS) is 12.4. The zero-order valence-corrected chi connectivity index (χ0v) is 16.8. The van der Waals surface area contributed by atoms with Crippen LogP contribution in [0, 0.1) is 11.6 Å². The van der Waals surface area contributed by atoms with Gasteiger partial charge in [-0.05, 0) is 36.8 Å². The topological polar surface area (TPSA) is 66.9 Å². The zero-order chi connectivity index (χ0) is 21.1. The molecule has 0 radical (unpaired) electrons. The molecule has 0 aliphatic carbocycles. The maximum absolute atomic E-state index is 13.6. The Morgan fingerprint density at radius 2 is 1.71 bits per heavy atom. The molecule has 6 nitrogen and oxygen atoms in total. The number of benzene rings is 2. The monoisotopic (exact) mass is 412 g/mol. The first-order valence-electron chi connectivity index (χ1n) is 8.37. The smallest absolute Gasteiger partial charge is 0.246 e. The molecule has 0 N–H and O–H groups in total. The van der Waals surface area contributed by atoms with Crippen LogP contribution in [0.25, 0.3) is 0 Å². The van der Waals surface area contributed by atoms with Crippen molar-refractivity contribution in [3.63, 3.8) is 0 Å². The first-order valence-corrected chi connectivity index (χ1v) is 10.2. The van der Waals surface area contributed by atoms with Crippen LogP contribution in [-0.2, 0) is 21.4 Å². The quantitative estimate of drug-likeness (QED) is 0.702. The number of ether oxygens (including phenoxy) is 1. The molecule has 152 valence electrons. The summed E-state index contributed by atoms with van der Waals surface area (Å²) in [5.41, 5.74) is 0.697. The van der Waals surface area contributed by atoms with Gasteiger partial charge in [-0.1, -0.05) is 12.1 Å². The highest BCUT2D eigenvalue weighted by atomic mass is 32.2. The van der Waals surface area contributed by atoms with E-state index in [1.807, 2.05) is 0 Å². The number of halogens is 2. The van der Waals surface area contributed by atoms with Gasteiger partial charge in [0.2, 0.25) is 15.9 Å². The molecule has 0 spiro atoms. The number of rotatable bonds is 7. The molecular formula is C19H22F2N2O4S. The van der Waals surface area contributed by atoms with Crippen LogP contribution in [0.3, 0.4) is 0 Å². The molecule has 2 rings (SSSR count). The van der Waals surface area contributed by atoms with E-state index >= 15 is 0 Å². The molecule has 2 aromatic rings. The average molecular weight is 412 g/mol. The second-order valence-corrected chi connectivity index (χ2v) is 8.24. The second kappa shape index (κ2) is 8.55. The fourth-order valence-electron chi connectivity index (χ4n) is 2.83. The summed E-state index contributed by atoms with van der Waals surface area (Å²) >= 11 is 0. The van der Waals surface area contributed by atoms with E-state index in [9.17, 15) is 22.0 Å². The fraction of sp³-hybridized carbons (Fsp3) is 0.316. The van der Waals surface area contributed by atoms with Crippen molar-refractivity contribution in [1.82, 2.24) is 4.90 Å². The number of nitrogens with zero attached hydrogens (tertiary/aromatic N) is 2. The molecule has 0 bridgehead atoms. The Morgan fingerprint density at radius 3 is 2.21 bits per heavy atom. The molecule has 28 heavy (non-hydrogen) atoms. The average Bonchev–Trinajstić information content (AvgIpc) is 2.63. The third-order valence-corrected chi connectivity index (χ3v) is 5.42. The lowest BCUT2D eigenvalue weighted by Crippen LogP contribution is -2.48. The SMILES string of the molecule is COc1ccc(CN(C)C(=O)[C@@H](C)N(c2ccc(F)c(F)c2)S(C)(=O)=O)cc1. The van der Waals surface area contributed by atoms with Gasteiger partial charge in [-0.2, -0.15) is 0 Å². The van der Waals surface area contributed by atoms with Gasteiger partial charge in [0.15, 0.2) is 11.6 Å². The van der Waals surface area contributed by atoms with Crippen LogP contribution in [-0.4, -0.2) is 45.7 Å². The van der Waals surface area contributed by atoms with Crippen LogP contribution in [0.4, 0.5) is 14.5 Å². The maximum Gasteiger partial charge on any atom is 0.246 e. The number of likely N-dealkylation sites (N-methyl/N-ethyl adjacent to an activating group) is 1. The van der Waals surface area contributed by atoms with Crippen LogP contribution >= 0.6 is 0 Å². The van der Waals surface area contributed by atoms with E-state index in [2.05, 4.69) is 0 Å². The maximum atomic E-state index is 13.6. The highest BCUT2D eigenvalue weighted by molar-refractivity contribution is 7.92. The molecule has 0 saturated carbocycles. The lowest BCUT2D eigenvalue weighted by Gasteiger charge is -2.31. The molecule has 0 aromatic heterocycles. The molecule has 0 aliphatic rings. The van der Waals surface area contributed by atoms with Gasteiger partial charge in [-0.3, -0.25) is 9.10 Å². The Labute approximate surface area is 163 Å². The van der Waals surface area contributed by atoms with Crippen molar-refractivity contribution in [2.24, 2.45) is 0 Å². The number of carbonyl (C=O) groups excluding carboxylic acids is 1. The van der Waals surface area contributed by atoms with E-state index in [1.54, 1.807) is 31.4 Å². The van der Waals surface area contributed by atoms with E-state index in [1.165, 1.54) is 18.9 Å². The molecule has 1 atom stereocenters. The van der Waals surface area contributed by atoms with E-state index in [0.717, 1.165) is 34.3 Å². The molecular weight excluding hydrogens is 390 g/mol. The summed E-state index contributed by atoms with van der Waals surface area (Å²) < 4.78 is 57.2. The largest absolute Gasteiger partial charge is 0.497 e. The minimum absolute atomic E-state index is 0.125. The number of hydrogen-bond donors (Lipinski definition) is 0. The minimum Gasteiger partial charge on any atom is -0.497 e. The standard InChI is InChI=1S/C19H22F2N2O4S/c1-13(19(24)22(2)12-14-5-8-16(27-3)9-6-14)23(28(4,25)26)15-7-10-17(20)18(21)11-15/h5-11,13H,12H2,1-4H3/t13-/m1/s1. The summed E-state index contributed by atoms with van der Waals surface area (Å²) in [5, 5.41) is 0. The zero-order valence-electron chi connectivity index (χ0n) is 16.0. The molecule has 2 aromatic carbocycles. The molecule has 0 heterocycles. The van der Waals surface area contributed by atoms with Crippen molar-refractivity contribution in [2.75, 3.05) is 24.7 Å². The Morgan fingerprint density at radius 1 is 1.11 bits per heavy atom. The van der Waals surface area contributed by atoms with Gasteiger partial charge in [0.1, 0.15) is 11.8 Å². The van der Waals surface area contributed by atoms with Crippen LogP contribution in [0.1, 0.15) is 12.5 Å². The molecule has 0 unspecified atom stereocenters. The first kappa shape index (κ1) is 21.6. The number of carbonyl (C=O) groups is 1. The summed E-state index contributed by atoms with van der Waals surface area (Å²) in [6.45, 7) is 1.64. The minimum atomic E-state index is -3.93. The van der Waals surface area contributed by atoms with Crippen molar-refractivity contribution in [1.29, 1.82) is 0 Å². The highest BCUT2D eigenvalue weighted by Gasteiger charge is 2.31. The second-order valence-electron chi connectivity index (χ2n) is 6.38. The lowest BCUT2D eigenvalue weighted by molar-refractivity contribution is -0.131. The Bertz CT molecular complexity index is 949. The number of methoxy groups -OCH3 is 1. The van der Waals surface area contributed by atoms with Crippen molar-refractivity contribution < 1.29 is 26.7 Å². The van der Waals surface area contributed by atoms with Crippen molar-refractivity contribution in [3.05, 3.63) is 59.7 Å². The van der Waals surface area contributed by atoms with Gasteiger partial charge in [-0.15, -0.1) is 0 Å². The third kappa shape index (κ3) is 4.98.